The summed E-state index contributed by atoms with van der Waals surface area (Å²) in [5, 5.41) is 2.13. The monoisotopic (exact) mass is 513 g/mol. The Morgan fingerprint density at radius 3 is 2.24 bits per heavy atom. The molecule has 5 rings (SSSR count). The molecule has 37 heavy (non-hydrogen) atoms. The molecule has 1 aliphatic heterocycles. The van der Waals surface area contributed by atoms with E-state index >= 15 is 0 Å². The third kappa shape index (κ3) is 6.06. The number of ether oxygens (including phenoxy) is 3. The van der Waals surface area contributed by atoms with Crippen LogP contribution < -0.4 is 14.2 Å². The Hall–Kier alpha value is -3.15. The van der Waals surface area contributed by atoms with Gasteiger partial charge in [0, 0.05) is 22.4 Å². The quantitative estimate of drug-likeness (QED) is 0.211. The van der Waals surface area contributed by atoms with Crippen LogP contribution in [0.15, 0.2) is 77.7 Å². The van der Waals surface area contributed by atoms with Gasteiger partial charge in [0.15, 0.2) is 0 Å². The molecule has 0 atom stereocenters. The summed E-state index contributed by atoms with van der Waals surface area (Å²) < 4.78 is 18.1. The Morgan fingerprint density at radius 2 is 1.51 bits per heavy atom. The Labute approximate surface area is 224 Å². The van der Waals surface area contributed by atoms with E-state index in [1.165, 1.54) is 48.4 Å². The second kappa shape index (κ2) is 11.9. The van der Waals surface area contributed by atoms with Gasteiger partial charge in [-0.15, -0.1) is 11.8 Å². The van der Waals surface area contributed by atoms with Crippen molar-refractivity contribution < 1.29 is 14.2 Å². The van der Waals surface area contributed by atoms with Gasteiger partial charge in [-0.1, -0.05) is 18.6 Å². The van der Waals surface area contributed by atoms with Gasteiger partial charge in [-0.2, -0.15) is 0 Å². The lowest BCUT2D eigenvalue weighted by Crippen LogP contribution is -2.33. The molecule has 4 nitrogen and oxygen atoms in total. The second-order valence-electron chi connectivity index (χ2n) is 9.53. The summed E-state index contributed by atoms with van der Waals surface area (Å²) in [4.78, 5) is 3.75. The Balaban J connectivity index is 1.41. The van der Waals surface area contributed by atoms with Crippen LogP contribution >= 0.6 is 11.8 Å². The van der Waals surface area contributed by atoms with Gasteiger partial charge in [0.1, 0.15) is 29.6 Å². The Kier molecular flexibility index (Phi) is 8.22. The van der Waals surface area contributed by atoms with Crippen LogP contribution in [0, 0.1) is 6.92 Å². The minimum atomic E-state index is 0.709. The van der Waals surface area contributed by atoms with Crippen molar-refractivity contribution in [1.82, 2.24) is 4.90 Å². The van der Waals surface area contributed by atoms with Crippen LogP contribution in [0.3, 0.4) is 0 Å². The molecule has 0 aromatic heterocycles. The van der Waals surface area contributed by atoms with Crippen LogP contribution in [0.5, 0.6) is 23.0 Å². The first-order chi connectivity index (χ1) is 18.1. The van der Waals surface area contributed by atoms with Gasteiger partial charge in [-0.05, 0) is 116 Å². The fourth-order valence-electron chi connectivity index (χ4n) is 4.99. The first-order valence-corrected chi connectivity index (χ1v) is 14.3. The maximum absolute atomic E-state index is 6.61. The van der Waals surface area contributed by atoms with Gasteiger partial charge in [0.2, 0.25) is 0 Å². The summed E-state index contributed by atoms with van der Waals surface area (Å²) in [6.45, 7) is 6.23. The molecule has 0 unspecified atom stereocenters. The molecule has 1 aliphatic rings. The minimum Gasteiger partial charge on any atom is -0.497 e. The normalized spacial score (nSPS) is 14.0. The van der Waals surface area contributed by atoms with Crippen molar-refractivity contribution in [3.63, 3.8) is 0 Å². The zero-order valence-electron chi connectivity index (χ0n) is 22.0. The van der Waals surface area contributed by atoms with Crippen LogP contribution in [-0.2, 0) is 0 Å². The van der Waals surface area contributed by atoms with E-state index in [-0.39, 0.29) is 0 Å². The summed E-state index contributed by atoms with van der Waals surface area (Å²) in [6, 6.07) is 25.0. The third-order valence-electron chi connectivity index (χ3n) is 7.07. The number of methoxy groups -OCH3 is 1. The van der Waals surface area contributed by atoms with Crippen LogP contribution in [-0.4, -0.2) is 44.5 Å². The standard InChI is InChI=1S/C32H35NO3S/c1-23-21-28(37-3)13-16-29(23)31-14-7-24-22-27(34-2)12-15-30(24)32(31)36-26-10-8-25(9-11-26)35-20-19-33-17-5-4-6-18-33/h7-16,21-22H,4-6,17-20H2,1-3H3. The number of likely N-dealkylation sites (tertiary alicyclic amines) is 1. The average molecular weight is 514 g/mol. The number of piperidine rings is 1. The number of aryl methyl sites for hydroxylation is 1. The molecule has 0 amide bonds. The van der Waals surface area contributed by atoms with Crippen molar-refractivity contribution in [2.45, 2.75) is 31.1 Å². The van der Waals surface area contributed by atoms with Crippen LogP contribution in [0.4, 0.5) is 0 Å². The van der Waals surface area contributed by atoms with E-state index < -0.39 is 0 Å². The Bertz CT molecular complexity index is 1350. The zero-order valence-corrected chi connectivity index (χ0v) is 22.8. The van der Waals surface area contributed by atoms with Gasteiger partial charge in [0.05, 0.1) is 7.11 Å². The molecule has 0 spiro atoms. The lowest BCUT2D eigenvalue weighted by molar-refractivity contribution is 0.183. The van der Waals surface area contributed by atoms with E-state index in [0.29, 0.717) is 6.61 Å². The molecule has 1 heterocycles. The van der Waals surface area contributed by atoms with Crippen molar-refractivity contribution >= 4 is 22.5 Å². The largest absolute Gasteiger partial charge is 0.497 e. The second-order valence-corrected chi connectivity index (χ2v) is 10.4. The van der Waals surface area contributed by atoms with Gasteiger partial charge in [0.25, 0.3) is 0 Å². The van der Waals surface area contributed by atoms with E-state index in [9.17, 15) is 0 Å². The predicted molar refractivity (Wildman–Crippen MR) is 155 cm³/mol. The number of nitrogens with zero attached hydrogens (tertiary/aromatic N) is 1. The van der Waals surface area contributed by atoms with Crippen LogP contribution in [0.1, 0.15) is 24.8 Å². The molecule has 0 N–H and O–H groups in total. The first kappa shape index (κ1) is 25.5. The topological polar surface area (TPSA) is 30.9 Å². The number of thioether (sulfide) groups is 1. The molecular weight excluding hydrogens is 478 g/mol. The first-order valence-electron chi connectivity index (χ1n) is 13.0. The van der Waals surface area contributed by atoms with Crippen molar-refractivity contribution in [2.24, 2.45) is 0 Å². The Morgan fingerprint density at radius 1 is 0.784 bits per heavy atom. The lowest BCUT2D eigenvalue weighted by atomic mass is 9.96. The smallest absolute Gasteiger partial charge is 0.143 e. The number of hydrogen-bond acceptors (Lipinski definition) is 5. The summed E-state index contributed by atoms with van der Waals surface area (Å²) in [5.41, 5.74) is 3.47. The molecule has 4 aromatic carbocycles. The molecule has 0 bridgehead atoms. The molecule has 1 fully saturated rings. The van der Waals surface area contributed by atoms with E-state index in [1.54, 1.807) is 18.9 Å². The van der Waals surface area contributed by atoms with Gasteiger partial charge in [-0.25, -0.2) is 0 Å². The molecule has 192 valence electrons. The van der Waals surface area contributed by atoms with Gasteiger partial charge in [-0.3, -0.25) is 4.90 Å². The predicted octanol–water partition coefficient (Wildman–Crippen LogP) is 8.20. The lowest BCUT2D eigenvalue weighted by Gasteiger charge is -2.26. The number of benzene rings is 4. The van der Waals surface area contributed by atoms with E-state index in [2.05, 4.69) is 60.5 Å². The molecule has 0 saturated carbocycles. The number of fused-ring (bicyclic) bond motifs is 1. The molecule has 1 saturated heterocycles. The zero-order chi connectivity index (χ0) is 25.6. The highest BCUT2D eigenvalue weighted by Gasteiger charge is 2.15. The molecule has 0 aliphatic carbocycles. The van der Waals surface area contributed by atoms with Gasteiger partial charge < -0.3 is 14.2 Å². The van der Waals surface area contributed by atoms with Crippen molar-refractivity contribution in [1.29, 1.82) is 0 Å². The summed E-state index contributed by atoms with van der Waals surface area (Å²) in [6.07, 6.45) is 6.06. The minimum absolute atomic E-state index is 0.709. The molecule has 0 radical (unpaired) electrons. The number of hydrogen-bond donors (Lipinski definition) is 0. The highest BCUT2D eigenvalue weighted by molar-refractivity contribution is 7.98. The maximum Gasteiger partial charge on any atom is 0.143 e. The highest BCUT2D eigenvalue weighted by atomic mass is 32.2. The fourth-order valence-corrected chi connectivity index (χ4v) is 5.49. The van der Waals surface area contributed by atoms with Crippen molar-refractivity contribution in [3.8, 4) is 34.1 Å². The molecule has 4 aromatic rings. The van der Waals surface area contributed by atoms with E-state index in [4.69, 9.17) is 14.2 Å². The van der Waals surface area contributed by atoms with E-state index in [1.807, 2.05) is 30.3 Å². The summed E-state index contributed by atoms with van der Waals surface area (Å²) in [7, 11) is 1.69. The van der Waals surface area contributed by atoms with Crippen LogP contribution in [0.25, 0.3) is 21.9 Å². The SMILES string of the molecule is COc1ccc2c(Oc3ccc(OCCN4CCCCC4)cc3)c(-c3ccc(SC)cc3C)ccc2c1. The highest BCUT2D eigenvalue weighted by Crippen LogP contribution is 2.42. The molecule has 5 heteroatoms. The van der Waals surface area contributed by atoms with E-state index in [0.717, 1.165) is 45.9 Å². The van der Waals surface area contributed by atoms with Gasteiger partial charge >= 0.3 is 0 Å². The summed E-state index contributed by atoms with van der Waals surface area (Å²) >= 11 is 1.76. The fraction of sp³-hybridized carbons (Fsp3) is 0.312. The van der Waals surface area contributed by atoms with Crippen molar-refractivity contribution in [2.75, 3.05) is 39.6 Å². The maximum atomic E-state index is 6.61. The number of rotatable bonds is 9. The average Bonchev–Trinajstić information content (AvgIpc) is 2.94. The van der Waals surface area contributed by atoms with Crippen LogP contribution in [0.2, 0.25) is 0 Å². The summed E-state index contributed by atoms with van der Waals surface area (Å²) in [5.74, 6) is 3.33. The molecular formula is C32H35NO3S. The third-order valence-corrected chi connectivity index (χ3v) is 7.80. The van der Waals surface area contributed by atoms with Crippen molar-refractivity contribution in [3.05, 3.63) is 78.4 Å².